The monoisotopic (exact) mass is 217 g/mol. The zero-order chi connectivity index (χ0) is 11.5. The zero-order valence-electron chi connectivity index (χ0n) is 9.47. The molecule has 2 N–H and O–H groups in total. The molecule has 0 aliphatic rings. The molecule has 0 atom stereocenters. The van der Waals surface area contributed by atoms with Gasteiger partial charge >= 0.3 is 0 Å². The van der Waals surface area contributed by atoms with E-state index in [4.69, 9.17) is 10.5 Å². The minimum absolute atomic E-state index is 0.631. The van der Waals surface area contributed by atoms with Crippen LogP contribution in [0.25, 0.3) is 5.69 Å². The minimum atomic E-state index is 0.631. The van der Waals surface area contributed by atoms with Gasteiger partial charge in [0, 0.05) is 30.2 Å². The van der Waals surface area contributed by atoms with Gasteiger partial charge in [-0.05, 0) is 19.9 Å². The lowest BCUT2D eigenvalue weighted by atomic mass is 10.2. The fourth-order valence-electron chi connectivity index (χ4n) is 1.65. The number of nitrogens with zero attached hydrogens (tertiary/aromatic N) is 2. The highest BCUT2D eigenvalue weighted by atomic mass is 16.5. The van der Waals surface area contributed by atoms with Crippen molar-refractivity contribution in [2.75, 3.05) is 12.3 Å². The number of imidazole rings is 1. The Balaban J connectivity index is 2.45. The molecular formula is C12H15N3O. The molecule has 1 heterocycles. The lowest BCUT2D eigenvalue weighted by Crippen LogP contribution is -1.99. The van der Waals surface area contributed by atoms with Crippen LogP contribution >= 0.6 is 0 Å². The van der Waals surface area contributed by atoms with Crippen molar-refractivity contribution in [3.63, 3.8) is 0 Å². The first-order valence-electron chi connectivity index (χ1n) is 5.24. The second-order valence-electron chi connectivity index (χ2n) is 3.54. The number of ether oxygens (including phenoxy) is 1. The Bertz CT molecular complexity index is 491. The SMILES string of the molecule is CCOc1cc(N)cc(-n2ccnc2C)c1. The van der Waals surface area contributed by atoms with Crippen LogP contribution in [0.5, 0.6) is 5.75 Å². The Hall–Kier alpha value is -1.97. The molecule has 0 radical (unpaired) electrons. The van der Waals surface area contributed by atoms with Gasteiger partial charge in [-0.25, -0.2) is 4.98 Å². The van der Waals surface area contributed by atoms with Crippen molar-refractivity contribution < 1.29 is 4.74 Å². The summed E-state index contributed by atoms with van der Waals surface area (Å²) < 4.78 is 7.42. The fourth-order valence-corrected chi connectivity index (χ4v) is 1.65. The van der Waals surface area contributed by atoms with Gasteiger partial charge in [0.05, 0.1) is 12.3 Å². The molecule has 2 aromatic rings. The van der Waals surface area contributed by atoms with Gasteiger partial charge in [-0.15, -0.1) is 0 Å². The fraction of sp³-hybridized carbons (Fsp3) is 0.250. The van der Waals surface area contributed by atoms with E-state index >= 15 is 0 Å². The molecule has 1 aromatic carbocycles. The van der Waals surface area contributed by atoms with Crippen molar-refractivity contribution in [1.29, 1.82) is 0 Å². The summed E-state index contributed by atoms with van der Waals surface area (Å²) in [5, 5.41) is 0. The van der Waals surface area contributed by atoms with Gasteiger partial charge in [-0.3, -0.25) is 0 Å². The van der Waals surface area contributed by atoms with Crippen LogP contribution in [0, 0.1) is 6.92 Å². The lowest BCUT2D eigenvalue weighted by molar-refractivity contribution is 0.340. The van der Waals surface area contributed by atoms with Crippen LogP contribution in [0.3, 0.4) is 0 Å². The van der Waals surface area contributed by atoms with Crippen molar-refractivity contribution in [3.05, 3.63) is 36.4 Å². The number of aromatic nitrogens is 2. The van der Waals surface area contributed by atoms with Crippen LogP contribution in [-0.4, -0.2) is 16.2 Å². The average molecular weight is 217 g/mol. The van der Waals surface area contributed by atoms with Gasteiger partial charge in [0.15, 0.2) is 0 Å². The normalized spacial score (nSPS) is 10.4. The van der Waals surface area contributed by atoms with Crippen LogP contribution in [0.1, 0.15) is 12.7 Å². The second kappa shape index (κ2) is 4.26. The maximum Gasteiger partial charge on any atom is 0.123 e. The van der Waals surface area contributed by atoms with Gasteiger partial charge in [0.25, 0.3) is 0 Å². The van der Waals surface area contributed by atoms with E-state index < -0.39 is 0 Å². The standard InChI is InChI=1S/C12H15N3O/c1-3-16-12-7-10(13)6-11(8-12)15-5-4-14-9(15)2/h4-8H,3,13H2,1-2H3. The van der Waals surface area contributed by atoms with E-state index in [9.17, 15) is 0 Å². The highest BCUT2D eigenvalue weighted by molar-refractivity contribution is 5.53. The molecule has 1 aromatic heterocycles. The Kier molecular flexibility index (Phi) is 2.81. The smallest absolute Gasteiger partial charge is 0.123 e. The summed E-state index contributed by atoms with van der Waals surface area (Å²) in [6, 6.07) is 5.67. The number of aryl methyl sites for hydroxylation is 1. The molecule has 2 rings (SSSR count). The van der Waals surface area contributed by atoms with Gasteiger partial charge in [0.1, 0.15) is 11.6 Å². The number of nitrogen functional groups attached to an aromatic ring is 1. The van der Waals surface area contributed by atoms with Gasteiger partial charge in [-0.1, -0.05) is 0 Å². The lowest BCUT2D eigenvalue weighted by Gasteiger charge is -2.09. The number of rotatable bonds is 3. The Morgan fingerprint density at radius 2 is 2.19 bits per heavy atom. The van der Waals surface area contributed by atoms with E-state index in [0.717, 1.165) is 17.3 Å². The molecule has 0 amide bonds. The number of benzene rings is 1. The Morgan fingerprint density at radius 3 is 2.81 bits per heavy atom. The molecule has 4 nitrogen and oxygen atoms in total. The van der Waals surface area contributed by atoms with E-state index in [1.807, 2.05) is 42.8 Å². The third kappa shape index (κ3) is 2.00. The molecule has 84 valence electrons. The number of hydrogen-bond donors (Lipinski definition) is 1. The van der Waals surface area contributed by atoms with Crippen molar-refractivity contribution in [3.8, 4) is 11.4 Å². The summed E-state index contributed by atoms with van der Waals surface area (Å²) in [5.74, 6) is 1.71. The van der Waals surface area contributed by atoms with Gasteiger partial charge in [0.2, 0.25) is 0 Å². The molecular weight excluding hydrogens is 202 g/mol. The first kappa shape index (κ1) is 10.5. The molecule has 0 saturated heterocycles. The minimum Gasteiger partial charge on any atom is -0.494 e. The first-order valence-corrected chi connectivity index (χ1v) is 5.24. The number of hydrogen-bond acceptors (Lipinski definition) is 3. The number of nitrogens with two attached hydrogens (primary N) is 1. The van der Waals surface area contributed by atoms with E-state index in [2.05, 4.69) is 4.98 Å². The molecule has 0 unspecified atom stereocenters. The summed E-state index contributed by atoms with van der Waals surface area (Å²) in [6.45, 7) is 4.53. The van der Waals surface area contributed by atoms with Crippen LogP contribution in [-0.2, 0) is 0 Å². The Labute approximate surface area is 94.7 Å². The molecule has 16 heavy (non-hydrogen) atoms. The molecule has 0 bridgehead atoms. The van der Waals surface area contributed by atoms with E-state index in [0.29, 0.717) is 12.3 Å². The largest absolute Gasteiger partial charge is 0.494 e. The van der Waals surface area contributed by atoms with Crippen LogP contribution in [0.15, 0.2) is 30.6 Å². The summed E-state index contributed by atoms with van der Waals surface area (Å²) in [4.78, 5) is 4.18. The van der Waals surface area contributed by atoms with Crippen molar-refractivity contribution in [1.82, 2.24) is 9.55 Å². The highest BCUT2D eigenvalue weighted by Crippen LogP contribution is 2.22. The topological polar surface area (TPSA) is 53.1 Å². The van der Waals surface area contributed by atoms with Crippen molar-refractivity contribution in [2.45, 2.75) is 13.8 Å². The van der Waals surface area contributed by atoms with Gasteiger partial charge < -0.3 is 15.0 Å². The maximum absolute atomic E-state index is 5.83. The first-order chi connectivity index (χ1) is 7.70. The summed E-state index contributed by atoms with van der Waals surface area (Å²) in [5.41, 5.74) is 7.49. The summed E-state index contributed by atoms with van der Waals surface area (Å²) in [6.07, 6.45) is 3.67. The Morgan fingerprint density at radius 1 is 1.38 bits per heavy atom. The van der Waals surface area contributed by atoms with Crippen molar-refractivity contribution >= 4 is 5.69 Å². The maximum atomic E-state index is 5.83. The molecule has 0 aliphatic heterocycles. The average Bonchev–Trinajstić information content (AvgIpc) is 2.64. The molecule has 4 heteroatoms. The van der Waals surface area contributed by atoms with Crippen LogP contribution < -0.4 is 10.5 Å². The second-order valence-corrected chi connectivity index (χ2v) is 3.54. The molecule has 0 saturated carbocycles. The van der Waals surface area contributed by atoms with Crippen molar-refractivity contribution in [2.24, 2.45) is 0 Å². The van der Waals surface area contributed by atoms with Crippen LogP contribution in [0.2, 0.25) is 0 Å². The van der Waals surface area contributed by atoms with Crippen LogP contribution in [0.4, 0.5) is 5.69 Å². The number of anilines is 1. The summed E-state index contributed by atoms with van der Waals surface area (Å²) in [7, 11) is 0. The predicted molar refractivity (Wildman–Crippen MR) is 63.9 cm³/mol. The van der Waals surface area contributed by atoms with E-state index in [-0.39, 0.29) is 0 Å². The molecule has 0 fully saturated rings. The molecule has 0 aliphatic carbocycles. The quantitative estimate of drug-likeness (QED) is 0.801. The van der Waals surface area contributed by atoms with E-state index in [1.165, 1.54) is 0 Å². The summed E-state index contributed by atoms with van der Waals surface area (Å²) >= 11 is 0. The van der Waals surface area contributed by atoms with Gasteiger partial charge in [-0.2, -0.15) is 0 Å². The third-order valence-electron chi connectivity index (χ3n) is 2.33. The zero-order valence-corrected chi connectivity index (χ0v) is 9.47. The predicted octanol–water partition coefficient (Wildman–Crippen LogP) is 2.16. The molecule has 0 spiro atoms. The van der Waals surface area contributed by atoms with E-state index in [1.54, 1.807) is 6.20 Å². The highest BCUT2D eigenvalue weighted by Gasteiger charge is 2.04. The third-order valence-corrected chi connectivity index (χ3v) is 2.33.